The van der Waals surface area contributed by atoms with Crippen molar-refractivity contribution in [3.8, 4) is 0 Å². The molecular formula is C10H11ClFNO2S. The van der Waals surface area contributed by atoms with E-state index in [1.54, 1.807) is 0 Å². The summed E-state index contributed by atoms with van der Waals surface area (Å²) in [6.07, 6.45) is 0.655. The Hall–Kier alpha value is -0.650. The van der Waals surface area contributed by atoms with Gasteiger partial charge in [0.1, 0.15) is 5.82 Å². The van der Waals surface area contributed by atoms with Crippen molar-refractivity contribution in [1.29, 1.82) is 0 Å². The molecule has 1 heterocycles. The molecule has 3 nitrogen and oxygen atoms in total. The Kier molecular flexibility index (Phi) is 3.19. The highest BCUT2D eigenvalue weighted by Gasteiger charge is 2.31. The standard InChI is InChI=1S/C10H11ClFNO2S/c11-8-5-6-13(7-8)16(14,15)10-3-1-9(12)2-4-10/h1-4,8H,5-7H2. The minimum atomic E-state index is -3.51. The number of nitrogens with zero attached hydrogens (tertiary/aromatic N) is 1. The fourth-order valence-electron chi connectivity index (χ4n) is 1.66. The summed E-state index contributed by atoms with van der Waals surface area (Å²) in [5.74, 6) is -0.449. The van der Waals surface area contributed by atoms with Gasteiger partial charge in [0.15, 0.2) is 0 Å². The number of hydrogen-bond acceptors (Lipinski definition) is 2. The number of benzene rings is 1. The van der Waals surface area contributed by atoms with Crippen molar-refractivity contribution in [2.75, 3.05) is 13.1 Å². The molecule has 1 aromatic rings. The summed E-state index contributed by atoms with van der Waals surface area (Å²) in [7, 11) is -3.51. The number of hydrogen-bond donors (Lipinski definition) is 0. The Morgan fingerprint density at radius 2 is 1.94 bits per heavy atom. The fraction of sp³-hybridized carbons (Fsp3) is 0.400. The van der Waals surface area contributed by atoms with Crippen LogP contribution in [0.25, 0.3) is 0 Å². The van der Waals surface area contributed by atoms with Gasteiger partial charge in [0.05, 0.1) is 4.90 Å². The molecule has 0 N–H and O–H groups in total. The average molecular weight is 264 g/mol. The predicted molar refractivity (Wildman–Crippen MR) is 59.4 cm³/mol. The largest absolute Gasteiger partial charge is 0.243 e. The van der Waals surface area contributed by atoms with Gasteiger partial charge in [-0.05, 0) is 30.7 Å². The number of sulfonamides is 1. The summed E-state index contributed by atoms with van der Waals surface area (Å²) in [4.78, 5) is 0.111. The monoisotopic (exact) mass is 263 g/mol. The van der Waals surface area contributed by atoms with Gasteiger partial charge in [0, 0.05) is 18.5 Å². The Morgan fingerprint density at radius 1 is 1.31 bits per heavy atom. The lowest BCUT2D eigenvalue weighted by Crippen LogP contribution is -2.29. The highest BCUT2D eigenvalue weighted by Crippen LogP contribution is 2.23. The third-order valence-corrected chi connectivity index (χ3v) is 4.78. The Balaban J connectivity index is 2.29. The van der Waals surface area contributed by atoms with Crippen LogP contribution in [0.5, 0.6) is 0 Å². The molecule has 0 aliphatic carbocycles. The molecule has 1 fully saturated rings. The summed E-state index contributed by atoms with van der Waals surface area (Å²) in [6, 6.07) is 4.82. The van der Waals surface area contributed by atoms with Crippen LogP contribution < -0.4 is 0 Å². The van der Waals surface area contributed by atoms with Crippen LogP contribution in [0.2, 0.25) is 0 Å². The number of halogens is 2. The molecule has 0 amide bonds. The first-order chi connectivity index (χ1) is 7.50. The van der Waals surface area contributed by atoms with E-state index in [1.807, 2.05) is 0 Å². The second-order valence-electron chi connectivity index (χ2n) is 3.70. The second kappa shape index (κ2) is 4.31. The van der Waals surface area contributed by atoms with E-state index in [-0.39, 0.29) is 10.3 Å². The molecule has 0 aromatic heterocycles. The van der Waals surface area contributed by atoms with E-state index < -0.39 is 15.8 Å². The van der Waals surface area contributed by atoms with Crippen molar-refractivity contribution in [2.45, 2.75) is 16.7 Å². The van der Waals surface area contributed by atoms with E-state index in [2.05, 4.69) is 0 Å². The summed E-state index contributed by atoms with van der Waals surface area (Å²) in [6.45, 7) is 0.745. The van der Waals surface area contributed by atoms with E-state index >= 15 is 0 Å². The highest BCUT2D eigenvalue weighted by molar-refractivity contribution is 7.89. The van der Waals surface area contributed by atoms with Crippen molar-refractivity contribution in [3.63, 3.8) is 0 Å². The smallest absolute Gasteiger partial charge is 0.207 e. The van der Waals surface area contributed by atoms with Gasteiger partial charge in [0.2, 0.25) is 10.0 Å². The van der Waals surface area contributed by atoms with Gasteiger partial charge in [-0.2, -0.15) is 4.31 Å². The minimum absolute atomic E-state index is 0.111. The van der Waals surface area contributed by atoms with Crippen molar-refractivity contribution in [2.24, 2.45) is 0 Å². The van der Waals surface area contributed by atoms with Crippen LogP contribution in [0.15, 0.2) is 29.2 Å². The normalized spacial score (nSPS) is 22.5. The first-order valence-electron chi connectivity index (χ1n) is 4.90. The lowest BCUT2D eigenvalue weighted by molar-refractivity contribution is 0.477. The third kappa shape index (κ3) is 2.21. The molecule has 88 valence electrons. The number of alkyl halides is 1. The van der Waals surface area contributed by atoms with Gasteiger partial charge in [-0.15, -0.1) is 11.6 Å². The summed E-state index contributed by atoms with van der Waals surface area (Å²) in [5, 5.41) is -0.129. The zero-order valence-electron chi connectivity index (χ0n) is 8.44. The van der Waals surface area contributed by atoms with Gasteiger partial charge < -0.3 is 0 Å². The average Bonchev–Trinajstić information content (AvgIpc) is 2.66. The van der Waals surface area contributed by atoms with Crippen LogP contribution in [0.1, 0.15) is 6.42 Å². The van der Waals surface area contributed by atoms with Gasteiger partial charge in [-0.25, -0.2) is 12.8 Å². The van der Waals surface area contributed by atoms with E-state index in [4.69, 9.17) is 11.6 Å². The second-order valence-corrected chi connectivity index (χ2v) is 6.26. The van der Waals surface area contributed by atoms with E-state index in [1.165, 1.54) is 16.4 Å². The molecule has 6 heteroatoms. The fourth-order valence-corrected chi connectivity index (χ4v) is 3.51. The first kappa shape index (κ1) is 11.8. The molecule has 1 aromatic carbocycles. The minimum Gasteiger partial charge on any atom is -0.207 e. The zero-order valence-corrected chi connectivity index (χ0v) is 10.0. The molecule has 0 bridgehead atoms. The third-order valence-electron chi connectivity index (χ3n) is 2.54. The van der Waals surface area contributed by atoms with E-state index in [0.29, 0.717) is 19.5 Å². The van der Waals surface area contributed by atoms with Crippen LogP contribution in [-0.2, 0) is 10.0 Å². The van der Waals surface area contributed by atoms with Crippen molar-refractivity contribution in [3.05, 3.63) is 30.1 Å². The topological polar surface area (TPSA) is 37.4 Å². The molecular weight excluding hydrogens is 253 g/mol. The van der Waals surface area contributed by atoms with Crippen molar-refractivity contribution in [1.82, 2.24) is 4.31 Å². The van der Waals surface area contributed by atoms with Crippen LogP contribution >= 0.6 is 11.6 Å². The molecule has 0 radical (unpaired) electrons. The van der Waals surface area contributed by atoms with Crippen LogP contribution in [0, 0.1) is 5.82 Å². The zero-order chi connectivity index (χ0) is 11.8. The lowest BCUT2D eigenvalue weighted by Gasteiger charge is -2.15. The molecule has 0 spiro atoms. The van der Waals surface area contributed by atoms with Gasteiger partial charge >= 0.3 is 0 Å². The van der Waals surface area contributed by atoms with Crippen molar-refractivity contribution >= 4 is 21.6 Å². The Morgan fingerprint density at radius 3 is 2.44 bits per heavy atom. The molecule has 0 saturated carbocycles. The molecule has 1 aliphatic heterocycles. The summed E-state index contributed by atoms with van der Waals surface area (Å²) in [5.41, 5.74) is 0. The maximum atomic E-state index is 12.7. The predicted octanol–water partition coefficient (Wildman–Crippen LogP) is 1.83. The van der Waals surface area contributed by atoms with Crippen LogP contribution in [0.4, 0.5) is 4.39 Å². The molecule has 1 aliphatic rings. The molecule has 2 rings (SSSR count). The molecule has 1 unspecified atom stereocenters. The quantitative estimate of drug-likeness (QED) is 0.764. The van der Waals surface area contributed by atoms with Gasteiger partial charge in [-0.1, -0.05) is 0 Å². The Bertz CT molecular complexity index is 474. The lowest BCUT2D eigenvalue weighted by atomic mass is 10.4. The molecule has 1 saturated heterocycles. The highest BCUT2D eigenvalue weighted by atomic mass is 35.5. The van der Waals surface area contributed by atoms with E-state index in [9.17, 15) is 12.8 Å². The Labute approximate surface area is 98.9 Å². The van der Waals surface area contributed by atoms with Crippen LogP contribution in [-0.4, -0.2) is 31.2 Å². The maximum Gasteiger partial charge on any atom is 0.243 e. The first-order valence-corrected chi connectivity index (χ1v) is 6.77. The van der Waals surface area contributed by atoms with Gasteiger partial charge in [-0.3, -0.25) is 0 Å². The summed E-state index contributed by atoms with van der Waals surface area (Å²) < 4.78 is 38.1. The SMILES string of the molecule is O=S(=O)(c1ccc(F)cc1)N1CCC(Cl)C1. The van der Waals surface area contributed by atoms with Crippen LogP contribution in [0.3, 0.4) is 0 Å². The number of rotatable bonds is 2. The maximum absolute atomic E-state index is 12.7. The van der Waals surface area contributed by atoms with Crippen molar-refractivity contribution < 1.29 is 12.8 Å². The molecule has 1 atom stereocenters. The summed E-state index contributed by atoms with van der Waals surface area (Å²) >= 11 is 5.86. The molecule has 16 heavy (non-hydrogen) atoms. The van der Waals surface area contributed by atoms with E-state index in [0.717, 1.165) is 12.1 Å². The van der Waals surface area contributed by atoms with Gasteiger partial charge in [0.25, 0.3) is 0 Å².